The molecule has 0 bridgehead atoms. The van der Waals surface area contributed by atoms with E-state index in [2.05, 4.69) is 5.32 Å². The highest BCUT2D eigenvalue weighted by atomic mass is 32.2. The third-order valence-electron chi connectivity index (χ3n) is 4.84. The molecule has 3 aromatic carbocycles. The van der Waals surface area contributed by atoms with Crippen LogP contribution in [-0.2, 0) is 16.6 Å². The van der Waals surface area contributed by atoms with Crippen molar-refractivity contribution >= 4 is 27.3 Å². The Balaban J connectivity index is 1.97. The number of carbonyl (C=O) groups is 1. The smallest absolute Gasteiger partial charge is 0.255 e. The van der Waals surface area contributed by atoms with Gasteiger partial charge in [-0.05, 0) is 67.9 Å². The van der Waals surface area contributed by atoms with Crippen LogP contribution in [0.5, 0.6) is 5.75 Å². The summed E-state index contributed by atoms with van der Waals surface area (Å²) in [5, 5.41) is 2.87. The van der Waals surface area contributed by atoms with E-state index in [-0.39, 0.29) is 12.5 Å². The monoisotopic (exact) mass is 456 g/mol. The van der Waals surface area contributed by atoms with Crippen LogP contribution in [0.1, 0.15) is 28.4 Å². The number of hydrogen-bond acceptors (Lipinski definition) is 4. The van der Waals surface area contributed by atoms with E-state index in [1.165, 1.54) is 24.3 Å². The number of halogens is 1. The number of nitrogens with zero attached hydrogens (tertiary/aromatic N) is 1. The van der Waals surface area contributed by atoms with Crippen LogP contribution in [0, 0.1) is 12.7 Å². The third-order valence-corrected chi connectivity index (χ3v) is 5.99. The minimum Gasteiger partial charge on any atom is -0.494 e. The summed E-state index contributed by atoms with van der Waals surface area (Å²) < 4.78 is 45.2. The average Bonchev–Trinajstić information content (AvgIpc) is 2.74. The first-order chi connectivity index (χ1) is 15.2. The molecule has 6 nitrogen and oxygen atoms in total. The van der Waals surface area contributed by atoms with Crippen molar-refractivity contribution in [2.24, 2.45) is 0 Å². The molecule has 3 aromatic rings. The fourth-order valence-electron chi connectivity index (χ4n) is 3.21. The Labute approximate surface area is 187 Å². The van der Waals surface area contributed by atoms with Crippen molar-refractivity contribution in [3.05, 3.63) is 89.2 Å². The highest BCUT2D eigenvalue weighted by Crippen LogP contribution is 2.27. The van der Waals surface area contributed by atoms with Crippen molar-refractivity contribution in [2.75, 3.05) is 22.5 Å². The quantitative estimate of drug-likeness (QED) is 0.531. The normalized spacial score (nSPS) is 11.1. The van der Waals surface area contributed by atoms with Gasteiger partial charge in [-0.25, -0.2) is 12.8 Å². The average molecular weight is 457 g/mol. The van der Waals surface area contributed by atoms with Gasteiger partial charge in [0, 0.05) is 16.8 Å². The van der Waals surface area contributed by atoms with Gasteiger partial charge < -0.3 is 10.1 Å². The van der Waals surface area contributed by atoms with Crippen LogP contribution in [0.4, 0.5) is 15.8 Å². The molecule has 0 unspecified atom stereocenters. The molecule has 0 aromatic heterocycles. The lowest BCUT2D eigenvalue weighted by Crippen LogP contribution is -2.29. The molecule has 0 aliphatic rings. The molecule has 0 heterocycles. The first-order valence-corrected chi connectivity index (χ1v) is 11.9. The standard InChI is InChI=1S/C24H25FN2O4S/c1-4-31-23-14-9-18(24(28)26-22-8-6-5-7-17(22)2)15-19(23)16-27(32(3,29)30)21-12-10-20(25)11-13-21/h5-15H,4,16H2,1-3H3,(H,26,28). The van der Waals surface area contributed by atoms with E-state index in [4.69, 9.17) is 4.74 Å². The van der Waals surface area contributed by atoms with Gasteiger partial charge in [0.1, 0.15) is 11.6 Å². The van der Waals surface area contributed by atoms with Crippen molar-refractivity contribution in [3.63, 3.8) is 0 Å². The summed E-state index contributed by atoms with van der Waals surface area (Å²) in [4.78, 5) is 12.9. The number of benzene rings is 3. The molecule has 1 amide bonds. The van der Waals surface area contributed by atoms with Crippen molar-refractivity contribution in [3.8, 4) is 5.75 Å². The van der Waals surface area contributed by atoms with E-state index in [1.807, 2.05) is 38.1 Å². The van der Waals surface area contributed by atoms with E-state index in [0.717, 1.165) is 16.1 Å². The molecule has 0 aliphatic heterocycles. The fraction of sp³-hybridized carbons (Fsp3) is 0.208. The molecule has 168 valence electrons. The molecule has 0 fully saturated rings. The molecule has 0 aliphatic carbocycles. The van der Waals surface area contributed by atoms with Crippen LogP contribution < -0.4 is 14.4 Å². The molecule has 0 saturated carbocycles. The zero-order valence-corrected chi connectivity index (χ0v) is 18.9. The second kappa shape index (κ2) is 9.82. The number of para-hydroxylation sites is 1. The summed E-state index contributed by atoms with van der Waals surface area (Å²) >= 11 is 0. The van der Waals surface area contributed by atoms with E-state index in [1.54, 1.807) is 18.2 Å². The maximum atomic E-state index is 13.4. The summed E-state index contributed by atoms with van der Waals surface area (Å²) in [7, 11) is -3.69. The lowest BCUT2D eigenvalue weighted by molar-refractivity contribution is 0.102. The van der Waals surface area contributed by atoms with Gasteiger partial charge in [0.05, 0.1) is 25.1 Å². The van der Waals surface area contributed by atoms with Gasteiger partial charge >= 0.3 is 0 Å². The number of rotatable bonds is 8. The number of nitrogens with one attached hydrogen (secondary N) is 1. The van der Waals surface area contributed by atoms with Crippen LogP contribution >= 0.6 is 0 Å². The fourth-order valence-corrected chi connectivity index (χ4v) is 4.09. The minimum absolute atomic E-state index is 0.0781. The molecule has 32 heavy (non-hydrogen) atoms. The summed E-state index contributed by atoms with van der Waals surface area (Å²) in [5.74, 6) is -0.320. The van der Waals surface area contributed by atoms with Crippen molar-refractivity contribution in [1.82, 2.24) is 0 Å². The van der Waals surface area contributed by atoms with Crippen molar-refractivity contribution in [2.45, 2.75) is 20.4 Å². The van der Waals surface area contributed by atoms with Crippen molar-refractivity contribution in [1.29, 1.82) is 0 Å². The number of carbonyl (C=O) groups excluding carboxylic acids is 1. The molecule has 8 heteroatoms. The predicted octanol–water partition coefficient (Wildman–Crippen LogP) is 4.75. The largest absolute Gasteiger partial charge is 0.494 e. The van der Waals surface area contributed by atoms with Crippen LogP contribution in [0.2, 0.25) is 0 Å². The lowest BCUT2D eigenvalue weighted by Gasteiger charge is -2.24. The molecule has 3 rings (SSSR count). The number of anilines is 2. The molecule has 0 atom stereocenters. The highest BCUT2D eigenvalue weighted by Gasteiger charge is 2.21. The molecule has 0 saturated heterocycles. The highest BCUT2D eigenvalue weighted by molar-refractivity contribution is 7.92. The summed E-state index contributed by atoms with van der Waals surface area (Å²) in [6.07, 6.45) is 1.07. The predicted molar refractivity (Wildman–Crippen MR) is 124 cm³/mol. The van der Waals surface area contributed by atoms with E-state index in [0.29, 0.717) is 34.9 Å². The molecular weight excluding hydrogens is 431 g/mol. The Morgan fingerprint density at radius 1 is 1.06 bits per heavy atom. The zero-order chi connectivity index (χ0) is 23.3. The van der Waals surface area contributed by atoms with E-state index in [9.17, 15) is 17.6 Å². The van der Waals surface area contributed by atoms with Crippen LogP contribution in [-0.4, -0.2) is 27.2 Å². The van der Waals surface area contributed by atoms with Gasteiger partial charge in [0.2, 0.25) is 10.0 Å². The second-order valence-electron chi connectivity index (χ2n) is 7.27. The number of aryl methyl sites for hydroxylation is 1. The van der Waals surface area contributed by atoms with Crippen LogP contribution in [0.25, 0.3) is 0 Å². The summed E-state index contributed by atoms with van der Waals surface area (Å²) in [6.45, 7) is 4.01. The third kappa shape index (κ3) is 5.64. The Morgan fingerprint density at radius 2 is 1.75 bits per heavy atom. The lowest BCUT2D eigenvalue weighted by atomic mass is 10.1. The maximum Gasteiger partial charge on any atom is 0.255 e. The maximum absolute atomic E-state index is 13.4. The van der Waals surface area contributed by atoms with Gasteiger partial charge in [-0.2, -0.15) is 0 Å². The van der Waals surface area contributed by atoms with Gasteiger partial charge in [-0.15, -0.1) is 0 Å². The van der Waals surface area contributed by atoms with Crippen LogP contribution in [0.3, 0.4) is 0 Å². The van der Waals surface area contributed by atoms with Crippen molar-refractivity contribution < 1.29 is 22.3 Å². The Morgan fingerprint density at radius 3 is 2.38 bits per heavy atom. The SMILES string of the molecule is CCOc1ccc(C(=O)Nc2ccccc2C)cc1CN(c1ccc(F)cc1)S(C)(=O)=O. The van der Waals surface area contributed by atoms with E-state index < -0.39 is 15.8 Å². The first-order valence-electron chi connectivity index (χ1n) is 10.0. The Hall–Kier alpha value is -3.39. The zero-order valence-electron chi connectivity index (χ0n) is 18.1. The number of amides is 1. The second-order valence-corrected chi connectivity index (χ2v) is 9.18. The number of sulfonamides is 1. The molecular formula is C24H25FN2O4S. The topological polar surface area (TPSA) is 75.7 Å². The Bertz CT molecular complexity index is 1210. The van der Waals surface area contributed by atoms with Gasteiger partial charge in [0.25, 0.3) is 5.91 Å². The molecule has 0 radical (unpaired) electrons. The number of ether oxygens (including phenoxy) is 1. The first kappa shape index (κ1) is 23.3. The van der Waals surface area contributed by atoms with Gasteiger partial charge in [0.15, 0.2) is 0 Å². The molecule has 1 N–H and O–H groups in total. The summed E-state index contributed by atoms with van der Waals surface area (Å²) in [6, 6.07) is 17.5. The van der Waals surface area contributed by atoms with Gasteiger partial charge in [-0.1, -0.05) is 18.2 Å². The number of hydrogen-bond donors (Lipinski definition) is 1. The van der Waals surface area contributed by atoms with Gasteiger partial charge in [-0.3, -0.25) is 9.10 Å². The van der Waals surface area contributed by atoms with E-state index >= 15 is 0 Å². The molecule has 0 spiro atoms. The van der Waals surface area contributed by atoms with Crippen LogP contribution in [0.15, 0.2) is 66.7 Å². The summed E-state index contributed by atoms with van der Waals surface area (Å²) in [5.41, 5.74) is 2.80. The minimum atomic E-state index is -3.69. The Kier molecular flexibility index (Phi) is 7.15.